The van der Waals surface area contributed by atoms with Crippen molar-refractivity contribution in [2.24, 2.45) is 0 Å². The van der Waals surface area contributed by atoms with E-state index in [2.05, 4.69) is 205 Å². The molecule has 55 heavy (non-hydrogen) atoms. The molecular formula is C53H33NS. The minimum absolute atomic E-state index is 0.454. The number of benzene rings is 9. The van der Waals surface area contributed by atoms with Crippen LogP contribution in [0.15, 0.2) is 200 Å². The normalized spacial score (nSPS) is 13.2. The third-order valence-corrected chi connectivity index (χ3v) is 13.3. The molecule has 2 aliphatic rings. The summed E-state index contributed by atoms with van der Waals surface area (Å²) in [6.07, 6.45) is 0. The summed E-state index contributed by atoms with van der Waals surface area (Å²) < 4.78 is 2.59. The van der Waals surface area contributed by atoms with Crippen LogP contribution in [0.25, 0.3) is 64.3 Å². The Morgan fingerprint density at radius 2 is 0.909 bits per heavy atom. The van der Waals surface area contributed by atoms with Gasteiger partial charge in [0.1, 0.15) is 0 Å². The van der Waals surface area contributed by atoms with Crippen LogP contribution >= 0.6 is 11.3 Å². The van der Waals surface area contributed by atoms with Crippen molar-refractivity contribution in [3.63, 3.8) is 0 Å². The van der Waals surface area contributed by atoms with E-state index < -0.39 is 5.41 Å². The molecule has 256 valence electrons. The molecule has 0 saturated heterocycles. The van der Waals surface area contributed by atoms with Gasteiger partial charge in [-0.3, -0.25) is 0 Å². The number of hydrogen-bond acceptors (Lipinski definition) is 2. The van der Waals surface area contributed by atoms with Gasteiger partial charge in [0.25, 0.3) is 0 Å². The Morgan fingerprint density at radius 1 is 0.364 bits per heavy atom. The molecule has 12 rings (SSSR count). The first-order chi connectivity index (χ1) is 27.3. The van der Waals surface area contributed by atoms with E-state index in [1.54, 1.807) is 0 Å². The van der Waals surface area contributed by atoms with Crippen LogP contribution < -0.4 is 4.90 Å². The number of nitrogens with zero attached hydrogens (tertiary/aromatic N) is 1. The van der Waals surface area contributed by atoms with Crippen LogP contribution in [0.3, 0.4) is 0 Å². The fraction of sp³-hybridized carbons (Fsp3) is 0.0189. The molecule has 9 aromatic carbocycles. The second kappa shape index (κ2) is 11.6. The zero-order valence-electron chi connectivity index (χ0n) is 29.9. The summed E-state index contributed by atoms with van der Waals surface area (Å²) in [6, 6.07) is 74.5. The van der Waals surface area contributed by atoms with Crippen molar-refractivity contribution >= 4 is 59.3 Å². The molecule has 2 aliphatic carbocycles. The maximum absolute atomic E-state index is 2.55. The van der Waals surface area contributed by atoms with Gasteiger partial charge in [0.2, 0.25) is 0 Å². The fourth-order valence-corrected chi connectivity index (χ4v) is 11.1. The lowest BCUT2D eigenvalue weighted by atomic mass is 9.70. The zero-order chi connectivity index (χ0) is 36.1. The summed E-state index contributed by atoms with van der Waals surface area (Å²) in [5, 5.41) is 5.10. The summed E-state index contributed by atoms with van der Waals surface area (Å²) in [6.45, 7) is 0. The summed E-state index contributed by atoms with van der Waals surface area (Å²) in [5.74, 6) is 0. The van der Waals surface area contributed by atoms with Gasteiger partial charge in [0, 0.05) is 26.5 Å². The molecule has 1 aromatic heterocycles. The summed E-state index contributed by atoms with van der Waals surface area (Å²) in [4.78, 5) is 2.54. The van der Waals surface area contributed by atoms with E-state index in [0.29, 0.717) is 0 Å². The van der Waals surface area contributed by atoms with E-state index in [9.17, 15) is 0 Å². The summed E-state index contributed by atoms with van der Waals surface area (Å²) in [5.41, 5.74) is 16.2. The number of thiophene rings is 1. The van der Waals surface area contributed by atoms with Crippen molar-refractivity contribution < 1.29 is 0 Å². The lowest BCUT2D eigenvalue weighted by Gasteiger charge is -2.33. The van der Waals surface area contributed by atoms with E-state index in [1.807, 2.05) is 11.3 Å². The summed E-state index contributed by atoms with van der Waals surface area (Å²) >= 11 is 1.89. The molecule has 0 amide bonds. The van der Waals surface area contributed by atoms with Crippen molar-refractivity contribution in [2.75, 3.05) is 4.90 Å². The lowest BCUT2D eigenvalue weighted by molar-refractivity contribution is 0.794. The molecular weight excluding hydrogens is 683 g/mol. The molecule has 0 atom stereocenters. The maximum atomic E-state index is 2.55. The Labute approximate surface area is 324 Å². The average molecular weight is 716 g/mol. The van der Waals surface area contributed by atoms with E-state index >= 15 is 0 Å². The minimum atomic E-state index is -0.454. The minimum Gasteiger partial charge on any atom is -0.308 e. The lowest BCUT2D eigenvalue weighted by Crippen LogP contribution is -2.26. The van der Waals surface area contributed by atoms with E-state index in [4.69, 9.17) is 0 Å². The predicted molar refractivity (Wildman–Crippen MR) is 233 cm³/mol. The molecule has 0 radical (unpaired) electrons. The number of rotatable bonds is 4. The van der Waals surface area contributed by atoms with Crippen LogP contribution in [0.4, 0.5) is 17.1 Å². The monoisotopic (exact) mass is 715 g/mol. The highest BCUT2D eigenvalue weighted by molar-refractivity contribution is 7.26. The van der Waals surface area contributed by atoms with Gasteiger partial charge in [-0.1, -0.05) is 170 Å². The smallest absolute Gasteiger partial charge is 0.0726 e. The Kier molecular flexibility index (Phi) is 6.49. The molecule has 0 unspecified atom stereocenters. The van der Waals surface area contributed by atoms with Crippen LogP contribution in [-0.4, -0.2) is 0 Å². The van der Waals surface area contributed by atoms with Crippen LogP contribution in [0, 0.1) is 0 Å². The fourth-order valence-electron chi connectivity index (χ4n) is 9.87. The Hall–Kier alpha value is -6.74. The highest BCUT2D eigenvalue weighted by Gasteiger charge is 2.52. The number of hydrogen-bond donors (Lipinski definition) is 0. The van der Waals surface area contributed by atoms with Crippen molar-refractivity contribution in [3.05, 3.63) is 222 Å². The van der Waals surface area contributed by atoms with Crippen LogP contribution in [-0.2, 0) is 5.41 Å². The molecule has 0 bridgehead atoms. The Balaban J connectivity index is 1.21. The molecule has 1 heterocycles. The third-order valence-electron chi connectivity index (χ3n) is 12.1. The van der Waals surface area contributed by atoms with Crippen LogP contribution in [0.5, 0.6) is 0 Å². The quantitative estimate of drug-likeness (QED) is 0.175. The molecule has 0 saturated carbocycles. The number of anilines is 3. The van der Waals surface area contributed by atoms with Gasteiger partial charge in [-0.25, -0.2) is 0 Å². The van der Waals surface area contributed by atoms with Gasteiger partial charge < -0.3 is 4.90 Å². The first-order valence-electron chi connectivity index (χ1n) is 19.0. The molecule has 0 N–H and O–H groups in total. The van der Waals surface area contributed by atoms with E-state index in [0.717, 1.165) is 5.69 Å². The second-order valence-corrected chi connectivity index (χ2v) is 15.8. The van der Waals surface area contributed by atoms with Gasteiger partial charge in [0.05, 0.1) is 21.5 Å². The van der Waals surface area contributed by atoms with Gasteiger partial charge in [-0.2, -0.15) is 0 Å². The zero-order valence-corrected chi connectivity index (χ0v) is 30.7. The van der Waals surface area contributed by atoms with Crippen molar-refractivity contribution in [1.82, 2.24) is 0 Å². The molecule has 10 aromatic rings. The molecule has 1 spiro atoms. The SMILES string of the molecule is c1ccc(-c2ccc(N(c3cc4c(c5ccccc35)-c3ccccc3C43c4ccccc4-c4ccccc43)c3cccc4c3sc3ccccc34)cc2)cc1. The van der Waals surface area contributed by atoms with Crippen LogP contribution in [0.2, 0.25) is 0 Å². The Morgan fingerprint density at radius 3 is 1.64 bits per heavy atom. The second-order valence-electron chi connectivity index (χ2n) is 14.8. The van der Waals surface area contributed by atoms with E-state index in [-0.39, 0.29) is 0 Å². The maximum Gasteiger partial charge on any atom is 0.0726 e. The van der Waals surface area contributed by atoms with Crippen molar-refractivity contribution in [3.8, 4) is 33.4 Å². The van der Waals surface area contributed by atoms with Gasteiger partial charge >= 0.3 is 0 Å². The third kappa shape index (κ3) is 4.18. The first kappa shape index (κ1) is 30.7. The predicted octanol–water partition coefficient (Wildman–Crippen LogP) is 14.7. The number of fused-ring (bicyclic) bond motifs is 15. The van der Waals surface area contributed by atoms with Crippen molar-refractivity contribution in [1.29, 1.82) is 0 Å². The Bertz CT molecular complexity index is 3110. The average Bonchev–Trinajstić information content (AvgIpc) is 3.89. The summed E-state index contributed by atoms with van der Waals surface area (Å²) in [7, 11) is 0. The van der Waals surface area contributed by atoms with Crippen molar-refractivity contribution in [2.45, 2.75) is 5.41 Å². The van der Waals surface area contributed by atoms with Crippen LogP contribution in [0.1, 0.15) is 22.3 Å². The molecule has 1 nitrogen and oxygen atoms in total. The van der Waals surface area contributed by atoms with Gasteiger partial charge in [-0.05, 0) is 91.4 Å². The molecule has 0 aliphatic heterocycles. The highest BCUT2D eigenvalue weighted by atomic mass is 32.1. The molecule has 0 fully saturated rings. The van der Waals surface area contributed by atoms with Gasteiger partial charge in [-0.15, -0.1) is 11.3 Å². The topological polar surface area (TPSA) is 3.24 Å². The standard InChI is InChI=1S/C53H33NS/c1-2-15-34(16-3-1)35-29-31-36(32-30-35)54(48-27-14-23-42-40-20-9-13-28-50(40)55-52(42)48)49-33-47-51(41-21-5-4-19-39(41)49)43-22-8-12-26-46(43)53(47)44-24-10-6-17-37(44)38-18-7-11-25-45(38)53/h1-33H. The molecule has 2 heteroatoms. The van der Waals surface area contributed by atoms with Gasteiger partial charge in [0.15, 0.2) is 0 Å². The van der Waals surface area contributed by atoms with E-state index in [1.165, 1.54) is 98.0 Å². The highest BCUT2D eigenvalue weighted by Crippen LogP contribution is 2.65. The first-order valence-corrected chi connectivity index (χ1v) is 19.8. The largest absolute Gasteiger partial charge is 0.308 e.